The van der Waals surface area contributed by atoms with E-state index in [2.05, 4.69) is 15.3 Å². The van der Waals surface area contributed by atoms with Crippen molar-refractivity contribution < 1.29 is 9.13 Å². The highest BCUT2D eigenvalue weighted by molar-refractivity contribution is 5.55. The number of hydrogen-bond donors (Lipinski definition) is 1. The normalized spacial score (nSPS) is 10.8. The summed E-state index contributed by atoms with van der Waals surface area (Å²) in [6, 6.07) is 8.23. The maximum Gasteiger partial charge on any atom is 0.159 e. The summed E-state index contributed by atoms with van der Waals surface area (Å²) in [5.41, 5.74) is 2.43. The minimum atomic E-state index is -0.285. The van der Waals surface area contributed by atoms with Gasteiger partial charge in [0.05, 0.1) is 12.3 Å². The van der Waals surface area contributed by atoms with E-state index in [9.17, 15) is 4.39 Å². The lowest BCUT2D eigenvalue weighted by Gasteiger charge is -2.07. The minimum Gasteiger partial charge on any atom is -0.383 e. The van der Waals surface area contributed by atoms with Crippen molar-refractivity contribution in [1.82, 2.24) is 15.3 Å². The van der Waals surface area contributed by atoms with E-state index < -0.39 is 0 Å². The molecule has 1 N–H and O–H groups in total. The molecule has 106 valence electrons. The highest BCUT2D eigenvalue weighted by atomic mass is 19.1. The van der Waals surface area contributed by atoms with Gasteiger partial charge < -0.3 is 10.1 Å². The molecule has 0 saturated heterocycles. The van der Waals surface area contributed by atoms with Crippen LogP contribution in [0.3, 0.4) is 0 Å². The van der Waals surface area contributed by atoms with E-state index in [4.69, 9.17) is 4.74 Å². The average molecular weight is 275 g/mol. The number of nitrogens with one attached hydrogen (secondary N) is 1. The van der Waals surface area contributed by atoms with Crippen molar-refractivity contribution in [3.8, 4) is 11.4 Å². The Morgan fingerprint density at radius 2 is 2.10 bits per heavy atom. The fourth-order valence-corrected chi connectivity index (χ4v) is 1.87. The lowest BCUT2D eigenvalue weighted by Crippen LogP contribution is -2.19. The van der Waals surface area contributed by atoms with E-state index in [1.807, 2.05) is 13.0 Å². The Morgan fingerprint density at radius 3 is 2.85 bits per heavy atom. The number of hydrogen-bond acceptors (Lipinski definition) is 4. The van der Waals surface area contributed by atoms with Crippen molar-refractivity contribution in [1.29, 1.82) is 0 Å². The molecule has 1 aromatic heterocycles. The predicted molar refractivity (Wildman–Crippen MR) is 75.7 cm³/mol. The third-order valence-electron chi connectivity index (χ3n) is 2.78. The summed E-state index contributed by atoms with van der Waals surface area (Å²) in [6.45, 7) is 3.95. The molecule has 2 aromatic rings. The van der Waals surface area contributed by atoms with Crippen molar-refractivity contribution in [3.63, 3.8) is 0 Å². The van der Waals surface area contributed by atoms with Gasteiger partial charge in [-0.05, 0) is 25.1 Å². The van der Waals surface area contributed by atoms with E-state index in [0.717, 1.165) is 17.9 Å². The molecule has 5 heteroatoms. The van der Waals surface area contributed by atoms with Crippen LogP contribution in [0.4, 0.5) is 4.39 Å². The summed E-state index contributed by atoms with van der Waals surface area (Å²) >= 11 is 0. The van der Waals surface area contributed by atoms with Gasteiger partial charge in [0.15, 0.2) is 5.82 Å². The third-order valence-corrected chi connectivity index (χ3v) is 2.78. The third kappa shape index (κ3) is 4.08. The van der Waals surface area contributed by atoms with E-state index >= 15 is 0 Å². The molecule has 0 amide bonds. The Labute approximate surface area is 118 Å². The molecule has 0 fully saturated rings. The largest absolute Gasteiger partial charge is 0.383 e. The fraction of sp³-hybridized carbons (Fsp3) is 0.333. The first-order valence-electron chi connectivity index (χ1n) is 6.49. The Kier molecular flexibility index (Phi) is 5.15. The summed E-state index contributed by atoms with van der Waals surface area (Å²) in [4.78, 5) is 8.82. The van der Waals surface area contributed by atoms with E-state index in [1.165, 1.54) is 12.1 Å². The standard InChI is InChI=1S/C15H18FN3O/c1-11-8-14(10-17-6-7-20-2)19-15(18-11)12-4-3-5-13(16)9-12/h3-5,8-9,17H,6-7,10H2,1-2H3. The van der Waals surface area contributed by atoms with Crippen LogP contribution in [0.5, 0.6) is 0 Å². The molecule has 2 rings (SSSR count). The number of aryl methyl sites for hydroxylation is 1. The van der Waals surface area contributed by atoms with E-state index in [-0.39, 0.29) is 5.82 Å². The monoisotopic (exact) mass is 275 g/mol. The molecule has 0 aliphatic heterocycles. The van der Waals surface area contributed by atoms with Crippen LogP contribution in [0.1, 0.15) is 11.4 Å². The molecule has 4 nitrogen and oxygen atoms in total. The van der Waals surface area contributed by atoms with Gasteiger partial charge in [0.25, 0.3) is 0 Å². The molecule has 0 radical (unpaired) electrons. The lowest BCUT2D eigenvalue weighted by atomic mass is 10.2. The average Bonchev–Trinajstić information content (AvgIpc) is 2.43. The first-order valence-corrected chi connectivity index (χ1v) is 6.49. The van der Waals surface area contributed by atoms with Crippen molar-refractivity contribution in [2.75, 3.05) is 20.3 Å². The number of benzene rings is 1. The van der Waals surface area contributed by atoms with Crippen LogP contribution in [0.15, 0.2) is 30.3 Å². The van der Waals surface area contributed by atoms with Crippen LogP contribution in [0.25, 0.3) is 11.4 Å². The molecule has 0 spiro atoms. The zero-order chi connectivity index (χ0) is 14.4. The Bertz CT molecular complexity index is 575. The van der Waals surface area contributed by atoms with Crippen LogP contribution in [-0.4, -0.2) is 30.2 Å². The lowest BCUT2D eigenvalue weighted by molar-refractivity contribution is 0.199. The molecular formula is C15H18FN3O. The smallest absolute Gasteiger partial charge is 0.159 e. The maximum atomic E-state index is 13.3. The van der Waals surface area contributed by atoms with Gasteiger partial charge in [-0.3, -0.25) is 0 Å². The SMILES string of the molecule is COCCNCc1cc(C)nc(-c2cccc(F)c2)n1. The van der Waals surface area contributed by atoms with Crippen LogP contribution in [0, 0.1) is 12.7 Å². The van der Waals surface area contributed by atoms with Crippen molar-refractivity contribution >= 4 is 0 Å². The second-order valence-corrected chi connectivity index (χ2v) is 4.50. The van der Waals surface area contributed by atoms with Gasteiger partial charge in [0.1, 0.15) is 5.82 Å². The highest BCUT2D eigenvalue weighted by Gasteiger charge is 2.06. The summed E-state index contributed by atoms with van der Waals surface area (Å²) in [7, 11) is 1.67. The number of halogens is 1. The molecular weight excluding hydrogens is 257 g/mol. The molecule has 1 aromatic carbocycles. The summed E-state index contributed by atoms with van der Waals surface area (Å²) in [5, 5.41) is 3.23. The molecule has 1 heterocycles. The minimum absolute atomic E-state index is 0.285. The van der Waals surface area contributed by atoms with Crippen LogP contribution in [0.2, 0.25) is 0 Å². The van der Waals surface area contributed by atoms with Gasteiger partial charge in [0.2, 0.25) is 0 Å². The maximum absolute atomic E-state index is 13.3. The zero-order valence-electron chi connectivity index (χ0n) is 11.7. The summed E-state index contributed by atoms with van der Waals surface area (Å²) < 4.78 is 18.2. The van der Waals surface area contributed by atoms with Gasteiger partial charge in [-0.2, -0.15) is 0 Å². The van der Waals surface area contributed by atoms with Gasteiger partial charge >= 0.3 is 0 Å². The van der Waals surface area contributed by atoms with Gasteiger partial charge in [0, 0.05) is 31.5 Å². The van der Waals surface area contributed by atoms with Crippen LogP contribution < -0.4 is 5.32 Å². The Balaban J connectivity index is 2.16. The van der Waals surface area contributed by atoms with Crippen LogP contribution >= 0.6 is 0 Å². The molecule has 0 unspecified atom stereocenters. The number of nitrogens with zero attached hydrogens (tertiary/aromatic N) is 2. The van der Waals surface area contributed by atoms with Crippen LogP contribution in [-0.2, 0) is 11.3 Å². The summed E-state index contributed by atoms with van der Waals surface area (Å²) in [5.74, 6) is 0.264. The number of methoxy groups -OCH3 is 1. The molecule has 20 heavy (non-hydrogen) atoms. The molecule has 0 aliphatic carbocycles. The first kappa shape index (κ1) is 14.6. The highest BCUT2D eigenvalue weighted by Crippen LogP contribution is 2.16. The number of ether oxygens (including phenoxy) is 1. The molecule has 0 bridgehead atoms. The number of aromatic nitrogens is 2. The number of rotatable bonds is 6. The Hall–Kier alpha value is -1.85. The molecule has 0 atom stereocenters. The predicted octanol–water partition coefficient (Wildman–Crippen LogP) is 2.33. The van der Waals surface area contributed by atoms with Gasteiger partial charge in [-0.25, -0.2) is 14.4 Å². The second-order valence-electron chi connectivity index (χ2n) is 4.50. The second kappa shape index (κ2) is 7.07. The summed E-state index contributed by atoms with van der Waals surface area (Å²) in [6.07, 6.45) is 0. The Morgan fingerprint density at radius 1 is 1.25 bits per heavy atom. The van der Waals surface area contributed by atoms with E-state index in [1.54, 1.807) is 19.2 Å². The van der Waals surface area contributed by atoms with E-state index in [0.29, 0.717) is 24.5 Å². The fourth-order valence-electron chi connectivity index (χ4n) is 1.87. The molecule has 0 aliphatic rings. The van der Waals surface area contributed by atoms with Crippen molar-refractivity contribution in [2.45, 2.75) is 13.5 Å². The topological polar surface area (TPSA) is 47.0 Å². The molecule has 0 saturated carbocycles. The first-order chi connectivity index (χ1) is 9.69. The zero-order valence-corrected chi connectivity index (χ0v) is 11.7. The van der Waals surface area contributed by atoms with Gasteiger partial charge in [-0.1, -0.05) is 12.1 Å². The van der Waals surface area contributed by atoms with Crippen molar-refractivity contribution in [2.24, 2.45) is 0 Å². The quantitative estimate of drug-likeness (QED) is 0.822. The van der Waals surface area contributed by atoms with Crippen molar-refractivity contribution in [3.05, 3.63) is 47.5 Å². The van der Waals surface area contributed by atoms with Gasteiger partial charge in [-0.15, -0.1) is 0 Å².